The molecular formula is C52H60N2O23S6-4. The second-order valence-corrected chi connectivity index (χ2v) is 28.5. The van der Waals surface area contributed by atoms with E-state index < -0.39 is 109 Å². The van der Waals surface area contributed by atoms with Gasteiger partial charge in [-0.1, -0.05) is 42.9 Å². The van der Waals surface area contributed by atoms with E-state index >= 15 is 0 Å². The number of hydrogen-bond acceptors (Lipinski definition) is 22. The van der Waals surface area contributed by atoms with Crippen molar-refractivity contribution in [3.8, 4) is 0 Å². The molecule has 83 heavy (non-hydrogen) atoms. The first-order valence-corrected chi connectivity index (χ1v) is 34.3. The molecule has 31 heteroatoms. The minimum Gasteiger partial charge on any atom is -0.748 e. The highest BCUT2D eigenvalue weighted by Crippen LogP contribution is 2.54. The number of fused-ring (bicyclic) bond motifs is 6. The third-order valence-corrected chi connectivity index (χ3v) is 19.2. The molecule has 6 rings (SSSR count). The van der Waals surface area contributed by atoms with Gasteiger partial charge in [0.1, 0.15) is 47.0 Å². The molecule has 0 saturated heterocycles. The fraction of sp³-hybridized carbons (Fsp3) is 0.423. The van der Waals surface area contributed by atoms with Crippen LogP contribution in [0.15, 0.2) is 116 Å². The van der Waals surface area contributed by atoms with Gasteiger partial charge < -0.3 is 47.0 Å². The highest BCUT2D eigenvalue weighted by atomic mass is 32.2. The smallest absolute Gasteiger partial charge is 0.303 e. The normalized spacial score (nSPS) is 18.8. The Morgan fingerprint density at radius 2 is 1.16 bits per heavy atom. The first-order chi connectivity index (χ1) is 38.5. The first kappa shape index (κ1) is 66.8. The number of carbonyl (C=O) groups is 1. The molecule has 0 aliphatic carbocycles. The topological polar surface area (TPSA) is 412 Å². The van der Waals surface area contributed by atoms with E-state index in [0.717, 1.165) is 12.1 Å². The summed E-state index contributed by atoms with van der Waals surface area (Å²) in [5.41, 5.74) is -0.847. The standard InChI is InChI=1S/C52H64N2O23S6/c1-51(21-12-30-78(57,58)59)46(54(24-13-31-79(60,61)62)42-19-17-38-40(49(42)51)32-36(80(63,64)65)34-44(38)82(69,70)71)14-8-5-4-6-9-15-47-52(2,22-25-76-28-29-77-27-26-75-3)50-41-33-37(81(66,67)68)35-45(83(72,73)74)39(41)18-20-43(50)53(47)23-11-7-10-16-48(55)56/h4-6,8-9,14-15,17-20,32-35H,7,10-13,16,21-31H2,1-3H3,(H6-,55,56,57,58,59,60,61,62,63,64,65,66,67,68,69,70,71,72,73,74)/p-4. The lowest BCUT2D eigenvalue weighted by Crippen LogP contribution is -2.32. The van der Waals surface area contributed by atoms with E-state index in [1.165, 1.54) is 43.5 Å². The van der Waals surface area contributed by atoms with Crippen LogP contribution in [-0.4, -0.2) is 164 Å². The summed E-state index contributed by atoms with van der Waals surface area (Å²) in [6.45, 7) is 4.36. The molecule has 0 radical (unpaired) electrons. The van der Waals surface area contributed by atoms with Gasteiger partial charge in [0.25, 0.3) is 10.1 Å². The van der Waals surface area contributed by atoms with E-state index in [2.05, 4.69) is 0 Å². The highest BCUT2D eigenvalue weighted by molar-refractivity contribution is 7.87. The van der Waals surface area contributed by atoms with Gasteiger partial charge in [0.15, 0.2) is 5.71 Å². The largest absolute Gasteiger partial charge is 0.748 e. The fourth-order valence-electron chi connectivity index (χ4n) is 10.6. The zero-order valence-electron chi connectivity index (χ0n) is 45.0. The van der Waals surface area contributed by atoms with Gasteiger partial charge in [-0.05, 0) is 110 Å². The van der Waals surface area contributed by atoms with Crippen molar-refractivity contribution < 1.29 is 107 Å². The van der Waals surface area contributed by atoms with Gasteiger partial charge in [-0.2, -0.15) is 13.0 Å². The van der Waals surface area contributed by atoms with Crippen molar-refractivity contribution in [3.05, 3.63) is 108 Å². The van der Waals surface area contributed by atoms with Crippen LogP contribution < -0.4 is 4.90 Å². The molecule has 2 N–H and O–H groups in total. The predicted molar refractivity (Wildman–Crippen MR) is 296 cm³/mol. The van der Waals surface area contributed by atoms with Crippen molar-refractivity contribution in [2.75, 3.05) is 69.6 Å². The van der Waals surface area contributed by atoms with Crippen LogP contribution in [0.3, 0.4) is 0 Å². The Balaban J connectivity index is 1.49. The molecule has 4 aromatic rings. The Kier molecular flexibility index (Phi) is 21.3. The summed E-state index contributed by atoms with van der Waals surface area (Å²) < 4.78 is 238. The molecule has 0 saturated carbocycles. The van der Waals surface area contributed by atoms with E-state index in [1.807, 2.05) is 4.90 Å². The second kappa shape index (κ2) is 26.5. The number of aliphatic carboxylic acids is 1. The van der Waals surface area contributed by atoms with E-state index in [-0.39, 0.29) is 104 Å². The Hall–Kier alpha value is -5.36. The highest BCUT2D eigenvalue weighted by Gasteiger charge is 2.49. The van der Waals surface area contributed by atoms with Crippen LogP contribution in [0.1, 0.15) is 76.3 Å². The molecule has 0 amide bonds. The van der Waals surface area contributed by atoms with Crippen LogP contribution in [0, 0.1) is 0 Å². The Bertz CT molecular complexity index is 4030. The van der Waals surface area contributed by atoms with Crippen LogP contribution in [0.5, 0.6) is 0 Å². The van der Waals surface area contributed by atoms with Crippen molar-refractivity contribution in [1.29, 1.82) is 0 Å². The van der Waals surface area contributed by atoms with E-state index in [4.69, 9.17) is 14.2 Å². The van der Waals surface area contributed by atoms with E-state index in [9.17, 15) is 87.7 Å². The molecule has 2 heterocycles. The van der Waals surface area contributed by atoms with Crippen molar-refractivity contribution >= 4 is 105 Å². The number of nitrogens with zero attached hydrogens (tertiary/aromatic N) is 2. The number of ether oxygens (including phenoxy) is 3. The Morgan fingerprint density at radius 1 is 0.602 bits per heavy atom. The molecule has 2 aliphatic rings. The summed E-state index contributed by atoms with van der Waals surface area (Å²) in [7, 11) is -29.5. The molecule has 456 valence electrons. The molecule has 2 unspecified atom stereocenters. The summed E-state index contributed by atoms with van der Waals surface area (Å²) in [4.78, 5) is 9.21. The van der Waals surface area contributed by atoms with Crippen molar-refractivity contribution in [3.63, 3.8) is 0 Å². The number of hydrogen-bond donors (Lipinski definition) is 2. The number of methoxy groups -OCH3 is 1. The van der Waals surface area contributed by atoms with E-state index in [0.29, 0.717) is 61.6 Å². The van der Waals surface area contributed by atoms with Crippen LogP contribution in [-0.2, 0) is 90.5 Å². The number of rotatable bonds is 31. The SMILES string of the molecule is COCCOCCOCCC1(C)\C(=C/C=C/C=C/C=C/C2=[N+](CCCS(=O)(=O)O)c3ccc4c(S(=O)(=O)[O-])cc(S(=O)(=O)[O-])cc4c3C2(C)CCCS(=O)(=O)[O-])N(CCCCCC(=O)O)c2ccc3c(S(=O)(=O)[O-])cc(S(=O)(=O)[O-])cc3c21. The zero-order chi connectivity index (χ0) is 61.6. The maximum absolute atomic E-state index is 12.7. The number of unbranched alkanes of at least 4 members (excludes halogenated alkanes) is 2. The van der Waals surface area contributed by atoms with Crippen molar-refractivity contribution in [2.45, 2.75) is 95.6 Å². The lowest BCUT2D eigenvalue weighted by molar-refractivity contribution is -0.437. The summed E-state index contributed by atoms with van der Waals surface area (Å²) in [6, 6.07) is 8.26. The van der Waals surface area contributed by atoms with Crippen molar-refractivity contribution in [2.24, 2.45) is 0 Å². The average molecular weight is 1270 g/mol. The Morgan fingerprint density at radius 3 is 1.71 bits per heavy atom. The monoisotopic (exact) mass is 1270 g/mol. The van der Waals surface area contributed by atoms with Gasteiger partial charge in [0.2, 0.25) is 5.69 Å². The summed E-state index contributed by atoms with van der Waals surface area (Å²) in [5, 5.41) is 8.61. The Labute approximate surface area is 482 Å². The maximum atomic E-state index is 12.7. The second-order valence-electron chi connectivity index (χ2n) is 20.0. The average Bonchev–Trinajstić information content (AvgIpc) is 1.71. The lowest BCUT2D eigenvalue weighted by Gasteiger charge is -2.31. The van der Waals surface area contributed by atoms with Gasteiger partial charge >= 0.3 is 5.97 Å². The number of carboxylic acids is 1. The summed E-state index contributed by atoms with van der Waals surface area (Å²) in [6.07, 6.45) is 11.5. The molecule has 0 fully saturated rings. The molecule has 0 aromatic heterocycles. The molecule has 25 nitrogen and oxygen atoms in total. The molecule has 2 atom stereocenters. The first-order valence-electron chi connectivity index (χ1n) is 25.5. The van der Waals surface area contributed by atoms with Gasteiger partial charge in [-0.15, -0.1) is 0 Å². The van der Waals surface area contributed by atoms with Gasteiger partial charge in [-0.3, -0.25) is 9.35 Å². The van der Waals surface area contributed by atoms with Gasteiger partial charge in [-0.25, -0.2) is 42.1 Å². The number of carboxylic acid groups (broad SMARTS) is 1. The molecule has 2 aliphatic heterocycles. The number of allylic oxidation sites excluding steroid dienone is 8. The van der Waals surface area contributed by atoms with E-state index in [1.54, 1.807) is 48.8 Å². The molecule has 0 spiro atoms. The minimum absolute atomic E-state index is 0.0208. The van der Waals surface area contributed by atoms with Gasteiger partial charge in [0, 0.05) is 78.7 Å². The summed E-state index contributed by atoms with van der Waals surface area (Å²) in [5.74, 6) is -2.64. The van der Waals surface area contributed by atoms with Crippen molar-refractivity contribution in [1.82, 2.24) is 0 Å². The third-order valence-electron chi connectivity index (χ3n) is 14.2. The number of benzene rings is 4. The summed E-state index contributed by atoms with van der Waals surface area (Å²) >= 11 is 0. The molecular weight excluding hydrogens is 1210 g/mol. The van der Waals surface area contributed by atoms with Gasteiger partial charge in [0.05, 0.1) is 67.3 Å². The lowest BCUT2D eigenvalue weighted by atomic mass is 9.74. The molecule has 0 bridgehead atoms. The fourth-order valence-corrected chi connectivity index (χ4v) is 14.3. The van der Waals surface area contributed by atoms with Crippen LogP contribution in [0.25, 0.3) is 21.5 Å². The quantitative estimate of drug-likeness (QED) is 0.0300. The van der Waals surface area contributed by atoms with Crippen LogP contribution in [0.2, 0.25) is 0 Å². The number of anilines is 1. The maximum Gasteiger partial charge on any atom is 0.303 e. The minimum atomic E-state index is -5.47. The predicted octanol–water partition coefficient (Wildman–Crippen LogP) is 4.61. The third kappa shape index (κ3) is 16.5. The van der Waals surface area contributed by atoms with Crippen LogP contribution in [0.4, 0.5) is 11.4 Å². The zero-order valence-corrected chi connectivity index (χ0v) is 49.9. The van der Waals surface area contributed by atoms with Crippen LogP contribution >= 0.6 is 0 Å². The molecule has 4 aromatic carbocycles.